The third kappa shape index (κ3) is 5.85. The predicted molar refractivity (Wildman–Crippen MR) is 144 cm³/mol. The van der Waals surface area contributed by atoms with Crippen molar-refractivity contribution < 1.29 is 19.0 Å². The Morgan fingerprint density at radius 2 is 1.70 bits per heavy atom. The zero-order valence-electron chi connectivity index (χ0n) is 20.3. The summed E-state index contributed by atoms with van der Waals surface area (Å²) >= 11 is 0. The predicted octanol–water partition coefficient (Wildman–Crippen LogP) is 5.50. The Morgan fingerprint density at radius 1 is 0.865 bits per heavy atom. The summed E-state index contributed by atoms with van der Waals surface area (Å²) in [6.45, 7) is 0.142. The van der Waals surface area contributed by atoms with Gasteiger partial charge in [-0.3, -0.25) is 9.78 Å². The lowest BCUT2D eigenvalue weighted by atomic mass is 10.1. The first-order valence-electron chi connectivity index (χ1n) is 11.8. The molecule has 4 aromatic carbocycles. The minimum absolute atomic E-state index is 0.142. The van der Waals surface area contributed by atoms with E-state index in [4.69, 9.17) is 14.2 Å². The first-order valence-corrected chi connectivity index (χ1v) is 11.8. The van der Waals surface area contributed by atoms with Crippen LogP contribution >= 0.6 is 0 Å². The van der Waals surface area contributed by atoms with Gasteiger partial charge in [0.05, 0.1) is 13.3 Å². The summed E-state index contributed by atoms with van der Waals surface area (Å²) in [5, 5.41) is 7.23. The molecule has 0 radical (unpaired) electrons. The van der Waals surface area contributed by atoms with Gasteiger partial charge in [-0.15, -0.1) is 0 Å². The molecule has 0 fully saturated rings. The molecule has 37 heavy (non-hydrogen) atoms. The molecule has 0 aliphatic rings. The van der Waals surface area contributed by atoms with Crippen LogP contribution in [0.4, 0.5) is 0 Å². The molecule has 5 aromatic rings. The summed E-state index contributed by atoms with van der Waals surface area (Å²) in [6.07, 6.45) is 3.31. The number of hydrogen-bond donors (Lipinski definition) is 1. The molecule has 0 unspecified atom stereocenters. The van der Waals surface area contributed by atoms with Crippen molar-refractivity contribution in [1.82, 2.24) is 10.4 Å². The van der Waals surface area contributed by atoms with Gasteiger partial charge >= 0.3 is 0 Å². The zero-order chi connectivity index (χ0) is 25.5. The second-order valence-corrected chi connectivity index (χ2v) is 8.28. The summed E-state index contributed by atoms with van der Waals surface area (Å²) in [7, 11) is 1.61. The molecule has 0 aliphatic carbocycles. The number of methoxy groups -OCH3 is 1. The molecule has 184 valence electrons. The number of benzene rings is 4. The molecule has 1 N–H and O–H groups in total. The number of hydrazone groups is 1. The summed E-state index contributed by atoms with van der Waals surface area (Å²) < 4.78 is 17.2. The lowest BCUT2D eigenvalue weighted by Gasteiger charge is -2.12. The number of fused-ring (bicyclic) bond motifs is 2. The SMILES string of the molecule is COc1ccc(C=NNC(=O)COc2ccc3ccccc3c2)cc1COc1cccc2cccnc12. The van der Waals surface area contributed by atoms with Crippen molar-refractivity contribution in [3.05, 3.63) is 108 Å². The van der Waals surface area contributed by atoms with Crippen LogP contribution in [-0.4, -0.2) is 30.8 Å². The highest BCUT2D eigenvalue weighted by molar-refractivity contribution is 5.85. The highest BCUT2D eigenvalue weighted by Crippen LogP contribution is 2.26. The van der Waals surface area contributed by atoms with E-state index in [-0.39, 0.29) is 19.1 Å². The molecule has 7 heteroatoms. The van der Waals surface area contributed by atoms with Crippen LogP contribution < -0.4 is 19.6 Å². The molecule has 5 rings (SSSR count). The van der Waals surface area contributed by atoms with Gasteiger partial charge in [-0.25, -0.2) is 5.43 Å². The fourth-order valence-corrected chi connectivity index (χ4v) is 3.96. The maximum Gasteiger partial charge on any atom is 0.277 e. The fraction of sp³-hybridized carbons (Fsp3) is 0.100. The number of nitrogens with zero attached hydrogens (tertiary/aromatic N) is 2. The molecule has 1 heterocycles. The van der Waals surface area contributed by atoms with Gasteiger partial charge in [0.25, 0.3) is 5.91 Å². The van der Waals surface area contributed by atoms with Gasteiger partial charge in [0.1, 0.15) is 29.4 Å². The highest BCUT2D eigenvalue weighted by Gasteiger charge is 2.08. The lowest BCUT2D eigenvalue weighted by Crippen LogP contribution is -2.24. The van der Waals surface area contributed by atoms with Crippen LogP contribution in [0.1, 0.15) is 11.1 Å². The maximum absolute atomic E-state index is 12.2. The van der Waals surface area contributed by atoms with Crippen molar-refractivity contribution in [3.8, 4) is 17.2 Å². The van der Waals surface area contributed by atoms with Gasteiger partial charge in [0.15, 0.2) is 6.61 Å². The van der Waals surface area contributed by atoms with Crippen LogP contribution in [0.3, 0.4) is 0 Å². The van der Waals surface area contributed by atoms with Gasteiger partial charge < -0.3 is 14.2 Å². The Balaban J connectivity index is 1.19. The van der Waals surface area contributed by atoms with Crippen molar-refractivity contribution in [2.75, 3.05) is 13.7 Å². The fourth-order valence-electron chi connectivity index (χ4n) is 3.96. The van der Waals surface area contributed by atoms with E-state index in [1.807, 2.05) is 91.0 Å². The quantitative estimate of drug-likeness (QED) is 0.217. The third-order valence-electron chi connectivity index (χ3n) is 5.78. The Morgan fingerprint density at radius 3 is 2.59 bits per heavy atom. The number of carbonyl (C=O) groups is 1. The van der Waals surface area contributed by atoms with Crippen LogP contribution in [-0.2, 0) is 11.4 Å². The van der Waals surface area contributed by atoms with Crippen molar-refractivity contribution in [2.45, 2.75) is 6.61 Å². The van der Waals surface area contributed by atoms with Gasteiger partial charge in [-0.1, -0.05) is 48.5 Å². The van der Waals surface area contributed by atoms with E-state index in [1.54, 1.807) is 19.5 Å². The third-order valence-corrected chi connectivity index (χ3v) is 5.78. The normalized spacial score (nSPS) is 11.1. The van der Waals surface area contributed by atoms with Gasteiger partial charge in [0, 0.05) is 17.1 Å². The van der Waals surface area contributed by atoms with E-state index in [2.05, 4.69) is 15.5 Å². The highest BCUT2D eigenvalue weighted by atomic mass is 16.5. The van der Waals surface area contributed by atoms with E-state index < -0.39 is 0 Å². The number of para-hydroxylation sites is 1. The van der Waals surface area contributed by atoms with Crippen LogP contribution in [0.15, 0.2) is 102 Å². The Hall–Kier alpha value is -4.91. The Bertz CT molecular complexity index is 1580. The number of carbonyl (C=O) groups excluding carboxylic acids is 1. The summed E-state index contributed by atoms with van der Waals surface area (Å²) in [5.74, 6) is 1.65. The molecule has 1 amide bonds. The average Bonchev–Trinajstić information content (AvgIpc) is 2.95. The molecule has 1 aromatic heterocycles. The van der Waals surface area contributed by atoms with E-state index in [0.29, 0.717) is 17.2 Å². The molecule has 0 saturated heterocycles. The van der Waals surface area contributed by atoms with Gasteiger partial charge in [-0.05, 0) is 58.8 Å². The largest absolute Gasteiger partial charge is 0.496 e. The van der Waals surface area contributed by atoms with Crippen molar-refractivity contribution in [2.24, 2.45) is 5.10 Å². The zero-order valence-corrected chi connectivity index (χ0v) is 20.3. The number of pyridine rings is 1. The van der Waals surface area contributed by atoms with Crippen LogP contribution in [0.25, 0.3) is 21.7 Å². The summed E-state index contributed by atoms with van der Waals surface area (Å²) in [4.78, 5) is 16.6. The molecule has 7 nitrogen and oxygen atoms in total. The number of ether oxygens (including phenoxy) is 3. The number of nitrogens with one attached hydrogen (secondary N) is 1. The number of hydrogen-bond acceptors (Lipinski definition) is 6. The molecule has 0 saturated carbocycles. The number of amides is 1. The number of rotatable bonds is 9. The summed E-state index contributed by atoms with van der Waals surface area (Å²) in [6, 6.07) is 29.0. The standard InChI is InChI=1S/C30H25N3O4/c1-35-27-14-11-21(16-25(27)19-37-28-10-4-8-23-9-5-15-31-30(23)28)18-32-33-29(34)20-36-26-13-12-22-6-2-3-7-24(22)17-26/h2-18H,19-20H2,1H3,(H,33,34). The molecule has 0 bridgehead atoms. The van der Waals surface area contributed by atoms with Crippen LogP contribution in [0.2, 0.25) is 0 Å². The minimum atomic E-state index is -0.357. The molecular weight excluding hydrogens is 466 g/mol. The maximum atomic E-state index is 12.2. The number of aromatic nitrogens is 1. The van der Waals surface area contributed by atoms with E-state index >= 15 is 0 Å². The molecule has 0 aliphatic heterocycles. The van der Waals surface area contributed by atoms with Crippen molar-refractivity contribution in [1.29, 1.82) is 0 Å². The topological polar surface area (TPSA) is 82.0 Å². The van der Waals surface area contributed by atoms with Crippen molar-refractivity contribution >= 4 is 33.8 Å². The molecular formula is C30H25N3O4. The van der Waals surface area contributed by atoms with Gasteiger partial charge in [0.2, 0.25) is 0 Å². The molecule has 0 atom stereocenters. The second-order valence-electron chi connectivity index (χ2n) is 8.28. The van der Waals surface area contributed by atoms with Crippen LogP contribution in [0, 0.1) is 0 Å². The lowest BCUT2D eigenvalue weighted by molar-refractivity contribution is -0.123. The minimum Gasteiger partial charge on any atom is -0.496 e. The summed E-state index contributed by atoms with van der Waals surface area (Å²) in [5.41, 5.74) is 4.92. The first kappa shape index (κ1) is 23.8. The Labute approximate surface area is 214 Å². The van der Waals surface area contributed by atoms with E-state index in [9.17, 15) is 4.79 Å². The van der Waals surface area contributed by atoms with E-state index in [1.165, 1.54) is 0 Å². The van der Waals surface area contributed by atoms with Crippen molar-refractivity contribution in [3.63, 3.8) is 0 Å². The first-order chi connectivity index (χ1) is 18.2. The monoisotopic (exact) mass is 491 g/mol. The smallest absolute Gasteiger partial charge is 0.277 e. The van der Waals surface area contributed by atoms with Gasteiger partial charge in [-0.2, -0.15) is 5.10 Å². The Kier molecular flexibility index (Phi) is 7.22. The van der Waals surface area contributed by atoms with Crippen LogP contribution in [0.5, 0.6) is 17.2 Å². The second kappa shape index (κ2) is 11.2. The van der Waals surface area contributed by atoms with E-state index in [0.717, 1.165) is 32.8 Å². The average molecular weight is 492 g/mol. The molecule has 0 spiro atoms.